The molecule has 0 atom stereocenters. The van der Waals surface area contributed by atoms with Crippen molar-refractivity contribution in [3.63, 3.8) is 0 Å². The highest BCUT2D eigenvalue weighted by Gasteiger charge is 2.02. The molecule has 0 spiro atoms. The monoisotopic (exact) mass is 224 g/mol. The second-order valence-corrected chi connectivity index (χ2v) is 3.62. The molecule has 1 N–H and O–H groups in total. The highest BCUT2D eigenvalue weighted by atomic mass is 79.9. The van der Waals surface area contributed by atoms with Crippen LogP contribution in [0.5, 0.6) is 5.75 Å². The Morgan fingerprint density at radius 1 is 1.50 bits per heavy atom. The van der Waals surface area contributed by atoms with Gasteiger partial charge >= 0.3 is 0 Å². The van der Waals surface area contributed by atoms with Gasteiger partial charge in [0.1, 0.15) is 13.6 Å². The van der Waals surface area contributed by atoms with E-state index in [1.54, 1.807) is 0 Å². The van der Waals surface area contributed by atoms with Crippen LogP contribution in [0.2, 0.25) is 0 Å². The number of hydrogen-bond donors (Lipinski definition) is 1. The first-order valence-corrected chi connectivity index (χ1v) is 4.71. The van der Waals surface area contributed by atoms with Gasteiger partial charge in [-0.2, -0.15) is 0 Å². The molecule has 0 saturated heterocycles. The third-order valence-corrected chi connectivity index (χ3v) is 2.30. The molecular formula is C9H10BBrO. The molecule has 0 aliphatic carbocycles. The van der Waals surface area contributed by atoms with Crippen LogP contribution in [0.1, 0.15) is 18.9 Å². The number of hydrogen-bond acceptors (Lipinski definition) is 1. The average molecular weight is 225 g/mol. The number of phenolic OH excluding ortho intramolecular Hbond substituents is 1. The van der Waals surface area contributed by atoms with Crippen LogP contribution in [0.3, 0.4) is 0 Å². The summed E-state index contributed by atoms with van der Waals surface area (Å²) in [5.41, 5.74) is 1.59. The van der Waals surface area contributed by atoms with Crippen LogP contribution in [0.25, 0.3) is 0 Å². The Labute approximate surface area is 82.3 Å². The van der Waals surface area contributed by atoms with Crippen LogP contribution >= 0.6 is 15.9 Å². The van der Waals surface area contributed by atoms with Gasteiger partial charge in [-0.15, -0.1) is 0 Å². The summed E-state index contributed by atoms with van der Waals surface area (Å²) < 4.78 is 0.672. The van der Waals surface area contributed by atoms with E-state index in [9.17, 15) is 5.11 Å². The van der Waals surface area contributed by atoms with Gasteiger partial charge in [0, 0.05) is 0 Å². The molecule has 2 radical (unpaired) electrons. The summed E-state index contributed by atoms with van der Waals surface area (Å²) in [6.45, 7) is 2.11. The van der Waals surface area contributed by atoms with Gasteiger partial charge in [0.15, 0.2) is 0 Å². The number of aromatic hydroxyl groups is 1. The standard InChI is InChI=1S/C9H10BBrO/c1-2-3-6-4-7(10)9(12)8(11)5-6/h4-5,12H,2-3H2,1H3. The first-order chi connectivity index (χ1) is 5.65. The van der Waals surface area contributed by atoms with Crippen molar-refractivity contribution in [1.29, 1.82) is 0 Å². The number of phenols is 1. The smallest absolute Gasteiger partial charge is 0.122 e. The number of rotatable bonds is 2. The molecule has 62 valence electrons. The SMILES string of the molecule is [B]c1cc(CCC)cc(Br)c1O. The number of aryl methyl sites for hydroxylation is 1. The van der Waals surface area contributed by atoms with E-state index in [1.165, 1.54) is 0 Å². The molecule has 0 saturated carbocycles. The summed E-state index contributed by atoms with van der Waals surface area (Å²) in [7, 11) is 5.57. The normalized spacial score (nSPS) is 10.2. The molecule has 0 fully saturated rings. The second kappa shape index (κ2) is 3.99. The molecule has 12 heavy (non-hydrogen) atoms. The van der Waals surface area contributed by atoms with E-state index in [4.69, 9.17) is 7.85 Å². The highest BCUT2D eigenvalue weighted by Crippen LogP contribution is 2.22. The van der Waals surface area contributed by atoms with Gasteiger partial charge in [-0.05, 0) is 34.0 Å². The molecule has 0 aromatic heterocycles. The summed E-state index contributed by atoms with van der Waals surface area (Å²) in [5, 5.41) is 9.33. The first-order valence-electron chi connectivity index (χ1n) is 3.92. The van der Waals surface area contributed by atoms with Gasteiger partial charge in [-0.3, -0.25) is 0 Å². The Bertz CT molecular complexity index is 263. The zero-order chi connectivity index (χ0) is 9.14. The van der Waals surface area contributed by atoms with Crippen molar-refractivity contribution >= 4 is 29.2 Å². The maximum Gasteiger partial charge on any atom is 0.122 e. The Balaban J connectivity index is 3.04. The van der Waals surface area contributed by atoms with E-state index in [1.807, 2.05) is 12.1 Å². The molecule has 0 heterocycles. The summed E-state index contributed by atoms with van der Waals surface area (Å²) in [5.74, 6) is 0.134. The van der Waals surface area contributed by atoms with Crippen LogP contribution in [-0.2, 0) is 6.42 Å². The van der Waals surface area contributed by atoms with Crippen molar-refractivity contribution in [2.24, 2.45) is 0 Å². The predicted molar refractivity (Wildman–Crippen MR) is 55.2 cm³/mol. The Hall–Kier alpha value is -0.435. The van der Waals surface area contributed by atoms with Gasteiger partial charge in [-0.25, -0.2) is 0 Å². The zero-order valence-corrected chi connectivity index (χ0v) is 8.56. The Morgan fingerprint density at radius 2 is 2.17 bits per heavy atom. The van der Waals surface area contributed by atoms with E-state index in [-0.39, 0.29) is 5.75 Å². The molecule has 1 nitrogen and oxygen atoms in total. The largest absolute Gasteiger partial charge is 0.507 e. The lowest BCUT2D eigenvalue weighted by molar-refractivity contribution is 0.476. The van der Waals surface area contributed by atoms with Crippen LogP contribution < -0.4 is 5.46 Å². The minimum absolute atomic E-state index is 0.134. The van der Waals surface area contributed by atoms with E-state index in [0.29, 0.717) is 9.94 Å². The third-order valence-electron chi connectivity index (χ3n) is 1.69. The fourth-order valence-corrected chi connectivity index (χ4v) is 1.63. The van der Waals surface area contributed by atoms with Crippen LogP contribution in [-0.4, -0.2) is 13.0 Å². The van der Waals surface area contributed by atoms with Crippen LogP contribution in [0.15, 0.2) is 16.6 Å². The van der Waals surface area contributed by atoms with E-state index in [2.05, 4.69) is 22.9 Å². The predicted octanol–water partition coefficient (Wildman–Crippen LogP) is 1.90. The van der Waals surface area contributed by atoms with Crippen molar-refractivity contribution in [2.75, 3.05) is 0 Å². The summed E-state index contributed by atoms with van der Waals surface area (Å²) in [6, 6.07) is 3.71. The first kappa shape index (κ1) is 9.65. The van der Waals surface area contributed by atoms with Crippen molar-refractivity contribution in [3.8, 4) is 5.75 Å². The van der Waals surface area contributed by atoms with Crippen molar-refractivity contribution in [2.45, 2.75) is 19.8 Å². The fraction of sp³-hybridized carbons (Fsp3) is 0.333. The molecule has 1 rings (SSSR count). The Morgan fingerprint density at radius 3 is 2.67 bits per heavy atom. The lowest BCUT2D eigenvalue weighted by Crippen LogP contribution is -2.04. The zero-order valence-electron chi connectivity index (χ0n) is 6.97. The lowest BCUT2D eigenvalue weighted by atomic mass is 9.92. The van der Waals surface area contributed by atoms with Gasteiger partial charge < -0.3 is 5.11 Å². The quantitative estimate of drug-likeness (QED) is 0.762. The molecule has 0 unspecified atom stereocenters. The molecule has 3 heteroatoms. The minimum Gasteiger partial charge on any atom is -0.507 e. The molecule has 1 aromatic carbocycles. The number of benzene rings is 1. The van der Waals surface area contributed by atoms with Gasteiger partial charge in [-0.1, -0.05) is 24.9 Å². The lowest BCUT2D eigenvalue weighted by Gasteiger charge is -2.05. The van der Waals surface area contributed by atoms with E-state index in [0.717, 1.165) is 18.4 Å². The van der Waals surface area contributed by atoms with E-state index < -0.39 is 0 Å². The molecule has 0 bridgehead atoms. The third kappa shape index (κ3) is 2.04. The maximum atomic E-state index is 9.33. The van der Waals surface area contributed by atoms with Crippen molar-refractivity contribution in [1.82, 2.24) is 0 Å². The molecule has 0 amide bonds. The minimum atomic E-state index is 0.134. The fourth-order valence-electron chi connectivity index (χ4n) is 1.11. The number of halogens is 1. The average Bonchev–Trinajstić information content (AvgIpc) is 2.01. The molecular weight excluding hydrogens is 215 g/mol. The highest BCUT2D eigenvalue weighted by molar-refractivity contribution is 9.10. The van der Waals surface area contributed by atoms with Gasteiger partial charge in [0.05, 0.1) is 4.47 Å². The molecule has 1 aromatic rings. The second-order valence-electron chi connectivity index (χ2n) is 2.77. The maximum absolute atomic E-state index is 9.33. The Kier molecular flexibility index (Phi) is 3.21. The topological polar surface area (TPSA) is 20.2 Å². The van der Waals surface area contributed by atoms with Crippen LogP contribution in [0.4, 0.5) is 0 Å². The summed E-state index contributed by atoms with van der Waals surface area (Å²) >= 11 is 3.24. The summed E-state index contributed by atoms with van der Waals surface area (Å²) in [4.78, 5) is 0. The van der Waals surface area contributed by atoms with Gasteiger partial charge in [0.25, 0.3) is 0 Å². The van der Waals surface area contributed by atoms with Crippen LogP contribution in [0, 0.1) is 0 Å². The van der Waals surface area contributed by atoms with Crippen molar-refractivity contribution in [3.05, 3.63) is 22.2 Å². The van der Waals surface area contributed by atoms with E-state index >= 15 is 0 Å². The molecule has 0 aliphatic heterocycles. The van der Waals surface area contributed by atoms with Crippen molar-refractivity contribution < 1.29 is 5.11 Å². The van der Waals surface area contributed by atoms with Gasteiger partial charge in [0.2, 0.25) is 0 Å². The summed E-state index contributed by atoms with van der Waals surface area (Å²) in [6.07, 6.45) is 2.07. The molecule has 0 aliphatic rings.